The molecule has 28 heavy (non-hydrogen) atoms. The van der Waals surface area contributed by atoms with Gasteiger partial charge in [0.2, 0.25) is 0 Å². The van der Waals surface area contributed by atoms with Gasteiger partial charge in [0.15, 0.2) is 0 Å². The van der Waals surface area contributed by atoms with Crippen molar-refractivity contribution in [2.45, 2.75) is 38.6 Å². The summed E-state index contributed by atoms with van der Waals surface area (Å²) in [6.07, 6.45) is 6.17. The Morgan fingerprint density at radius 2 is 1.93 bits per heavy atom. The number of carbonyl (C=O) groups is 1. The molecular formula is C22H21Cl2N3O. The average molecular weight is 414 g/mol. The monoisotopic (exact) mass is 413 g/mol. The van der Waals surface area contributed by atoms with Gasteiger partial charge in [0, 0.05) is 12.2 Å². The van der Waals surface area contributed by atoms with Gasteiger partial charge in [0.25, 0.3) is 5.91 Å². The molecule has 0 aromatic heterocycles. The Morgan fingerprint density at radius 1 is 1.18 bits per heavy atom. The number of nitrogens with one attached hydrogen (secondary N) is 2. The second-order valence-corrected chi connectivity index (χ2v) is 7.63. The molecule has 4 nitrogen and oxygen atoms in total. The first kappa shape index (κ1) is 20.3. The Hall–Kier alpha value is -2.48. The van der Waals surface area contributed by atoms with Crippen LogP contribution < -0.4 is 10.6 Å². The molecule has 2 N–H and O–H groups in total. The molecule has 0 fully saturated rings. The Kier molecular flexibility index (Phi) is 6.61. The largest absolute Gasteiger partial charge is 0.383 e. The van der Waals surface area contributed by atoms with Gasteiger partial charge in [-0.1, -0.05) is 47.5 Å². The minimum atomic E-state index is -0.545. The molecule has 144 valence electrons. The highest BCUT2D eigenvalue weighted by molar-refractivity contribution is 6.44. The number of halogens is 2. The van der Waals surface area contributed by atoms with Crippen LogP contribution in [0.2, 0.25) is 10.0 Å². The van der Waals surface area contributed by atoms with E-state index in [0.29, 0.717) is 10.7 Å². The van der Waals surface area contributed by atoms with E-state index >= 15 is 0 Å². The topological polar surface area (TPSA) is 64.9 Å². The first-order chi connectivity index (χ1) is 13.5. The zero-order valence-electron chi connectivity index (χ0n) is 15.6. The summed E-state index contributed by atoms with van der Waals surface area (Å²) in [5.74, 6) is -0.545. The molecule has 0 aliphatic heterocycles. The lowest BCUT2D eigenvalue weighted by atomic mass is 9.89. The number of aryl methyl sites for hydroxylation is 2. The van der Waals surface area contributed by atoms with Crippen molar-refractivity contribution in [3.8, 4) is 6.07 Å². The number of benzene rings is 2. The average Bonchev–Trinajstić information content (AvgIpc) is 2.71. The predicted molar refractivity (Wildman–Crippen MR) is 113 cm³/mol. The molecule has 3 rings (SSSR count). The van der Waals surface area contributed by atoms with Gasteiger partial charge in [0.05, 0.1) is 15.7 Å². The van der Waals surface area contributed by atoms with Crippen LogP contribution >= 0.6 is 23.2 Å². The van der Waals surface area contributed by atoms with Crippen LogP contribution in [0, 0.1) is 11.3 Å². The van der Waals surface area contributed by atoms with Gasteiger partial charge >= 0.3 is 0 Å². The van der Waals surface area contributed by atoms with Gasteiger partial charge in [-0.25, -0.2) is 0 Å². The zero-order chi connectivity index (χ0) is 20.1. The van der Waals surface area contributed by atoms with Gasteiger partial charge < -0.3 is 10.6 Å². The van der Waals surface area contributed by atoms with E-state index < -0.39 is 5.91 Å². The third kappa shape index (κ3) is 4.67. The van der Waals surface area contributed by atoms with Crippen molar-refractivity contribution < 1.29 is 4.79 Å². The molecular weight excluding hydrogens is 393 g/mol. The van der Waals surface area contributed by atoms with Crippen LogP contribution in [0.3, 0.4) is 0 Å². The number of carbonyl (C=O) groups excluding carboxylic acids is 1. The third-order valence-electron chi connectivity index (χ3n) is 4.92. The standard InChI is InChI=1S/C22H21Cl2N3O/c1-14(16-10-9-15-5-2-3-6-17(15)11-16)26-13-18(12-25)22(28)27-20-8-4-7-19(23)21(20)24/h4,7-11,13-14,26H,2-3,5-6H2,1H3,(H,27,28)/b18-13-. The molecule has 0 saturated heterocycles. The van der Waals surface area contributed by atoms with E-state index in [1.165, 1.54) is 30.2 Å². The second-order valence-electron chi connectivity index (χ2n) is 6.85. The van der Waals surface area contributed by atoms with Crippen LogP contribution in [0.1, 0.15) is 42.5 Å². The third-order valence-corrected chi connectivity index (χ3v) is 5.73. The number of nitriles is 1. The summed E-state index contributed by atoms with van der Waals surface area (Å²) in [5.41, 5.74) is 4.28. The van der Waals surface area contributed by atoms with Crippen LogP contribution in [0.25, 0.3) is 0 Å². The SMILES string of the molecule is CC(N/C=C(/C#N)C(=O)Nc1cccc(Cl)c1Cl)c1ccc2c(c1)CCCC2. The second kappa shape index (κ2) is 9.14. The van der Waals surface area contributed by atoms with E-state index in [9.17, 15) is 10.1 Å². The van der Waals surface area contributed by atoms with E-state index in [2.05, 4.69) is 28.8 Å². The van der Waals surface area contributed by atoms with Gasteiger partial charge in [-0.05, 0) is 61.4 Å². The predicted octanol–water partition coefficient (Wildman–Crippen LogP) is 5.57. The highest BCUT2D eigenvalue weighted by atomic mass is 35.5. The van der Waals surface area contributed by atoms with Gasteiger partial charge in [-0.3, -0.25) is 4.79 Å². The summed E-state index contributed by atoms with van der Waals surface area (Å²) in [4.78, 5) is 12.4. The van der Waals surface area contributed by atoms with Crippen LogP contribution in [0.15, 0.2) is 48.2 Å². The Morgan fingerprint density at radius 3 is 2.68 bits per heavy atom. The van der Waals surface area contributed by atoms with Gasteiger partial charge in [-0.15, -0.1) is 0 Å². The van der Waals surface area contributed by atoms with E-state index in [4.69, 9.17) is 23.2 Å². The maximum absolute atomic E-state index is 12.4. The lowest BCUT2D eigenvalue weighted by Crippen LogP contribution is -2.19. The number of hydrogen-bond donors (Lipinski definition) is 2. The fourth-order valence-electron chi connectivity index (χ4n) is 3.27. The van der Waals surface area contributed by atoms with Crippen molar-refractivity contribution in [2.75, 3.05) is 5.32 Å². The zero-order valence-corrected chi connectivity index (χ0v) is 17.1. The number of nitrogens with zero attached hydrogens (tertiary/aromatic N) is 1. The lowest BCUT2D eigenvalue weighted by Gasteiger charge is -2.19. The number of fused-ring (bicyclic) bond motifs is 1. The van der Waals surface area contributed by atoms with Crippen molar-refractivity contribution >= 4 is 34.8 Å². The number of rotatable bonds is 5. The molecule has 1 aliphatic carbocycles. The maximum atomic E-state index is 12.4. The minimum Gasteiger partial charge on any atom is -0.383 e. The summed E-state index contributed by atoms with van der Waals surface area (Å²) in [6.45, 7) is 2.00. The Labute approximate surface area is 175 Å². The van der Waals surface area contributed by atoms with Crippen molar-refractivity contribution in [1.82, 2.24) is 5.32 Å². The Bertz CT molecular complexity index is 963. The summed E-state index contributed by atoms with van der Waals surface area (Å²) < 4.78 is 0. The van der Waals surface area contributed by atoms with E-state index in [0.717, 1.165) is 18.4 Å². The van der Waals surface area contributed by atoms with Crippen LogP contribution in [0.5, 0.6) is 0 Å². The highest BCUT2D eigenvalue weighted by Crippen LogP contribution is 2.30. The molecule has 0 heterocycles. The summed E-state index contributed by atoms with van der Waals surface area (Å²) in [7, 11) is 0. The minimum absolute atomic E-state index is 0.0295. The summed E-state index contributed by atoms with van der Waals surface area (Å²) >= 11 is 12.0. The van der Waals surface area contributed by atoms with E-state index in [1.807, 2.05) is 13.0 Å². The molecule has 0 spiro atoms. The molecule has 0 bridgehead atoms. The number of amides is 1. The molecule has 1 unspecified atom stereocenters. The van der Waals surface area contributed by atoms with E-state index in [1.54, 1.807) is 18.2 Å². The quantitative estimate of drug-likeness (QED) is 0.497. The molecule has 0 saturated carbocycles. The lowest BCUT2D eigenvalue weighted by molar-refractivity contribution is -0.112. The molecule has 1 atom stereocenters. The molecule has 2 aromatic carbocycles. The Balaban J connectivity index is 1.69. The maximum Gasteiger partial charge on any atom is 0.267 e. The van der Waals surface area contributed by atoms with Crippen molar-refractivity contribution in [3.05, 3.63) is 74.9 Å². The van der Waals surface area contributed by atoms with E-state index in [-0.39, 0.29) is 16.6 Å². The van der Waals surface area contributed by atoms with Crippen molar-refractivity contribution in [2.24, 2.45) is 0 Å². The fraction of sp³-hybridized carbons (Fsp3) is 0.273. The summed E-state index contributed by atoms with van der Waals surface area (Å²) in [6, 6.07) is 13.3. The van der Waals surface area contributed by atoms with Crippen LogP contribution in [0.4, 0.5) is 5.69 Å². The first-order valence-corrected chi connectivity index (χ1v) is 9.98. The normalized spacial score (nSPS) is 14.6. The molecule has 2 aromatic rings. The fourth-order valence-corrected chi connectivity index (χ4v) is 3.61. The molecule has 1 amide bonds. The number of anilines is 1. The molecule has 6 heteroatoms. The van der Waals surface area contributed by atoms with Crippen LogP contribution in [-0.2, 0) is 17.6 Å². The molecule has 0 radical (unpaired) electrons. The van der Waals surface area contributed by atoms with Gasteiger partial charge in [0.1, 0.15) is 11.6 Å². The van der Waals surface area contributed by atoms with Crippen LogP contribution in [-0.4, -0.2) is 5.91 Å². The molecule has 1 aliphatic rings. The van der Waals surface area contributed by atoms with Crippen molar-refractivity contribution in [3.63, 3.8) is 0 Å². The first-order valence-electron chi connectivity index (χ1n) is 9.23. The van der Waals surface area contributed by atoms with Gasteiger partial charge in [-0.2, -0.15) is 5.26 Å². The highest BCUT2D eigenvalue weighted by Gasteiger charge is 2.15. The van der Waals surface area contributed by atoms with Crippen molar-refractivity contribution in [1.29, 1.82) is 5.26 Å². The number of hydrogen-bond acceptors (Lipinski definition) is 3. The summed E-state index contributed by atoms with van der Waals surface area (Å²) in [5, 5.41) is 15.7. The smallest absolute Gasteiger partial charge is 0.267 e.